The molecular weight excluding hydrogens is 182 g/mol. The number of likely N-dealkylation sites (N-methyl/N-ethyl adjacent to an activating group) is 1. The first-order valence-corrected chi connectivity index (χ1v) is 6.22. The van der Waals surface area contributed by atoms with E-state index in [1.54, 1.807) is 0 Å². The number of allylic oxidation sites excluding steroid dienone is 2. The molecule has 1 aliphatic heterocycles. The Labute approximate surface area is 94.9 Å². The molecule has 15 heavy (non-hydrogen) atoms. The molecule has 2 atom stereocenters. The molecule has 1 nitrogen and oxygen atoms in total. The van der Waals surface area contributed by atoms with Gasteiger partial charge >= 0.3 is 0 Å². The van der Waals surface area contributed by atoms with Crippen LogP contribution in [0, 0.1) is 11.8 Å². The van der Waals surface area contributed by atoms with Crippen molar-refractivity contribution in [2.75, 3.05) is 13.6 Å². The molecule has 2 unspecified atom stereocenters. The molecule has 1 heterocycles. The first-order valence-electron chi connectivity index (χ1n) is 6.22. The number of rotatable bonds is 5. The van der Waals surface area contributed by atoms with E-state index < -0.39 is 0 Å². The predicted molar refractivity (Wildman–Crippen MR) is 67.7 cm³/mol. The van der Waals surface area contributed by atoms with E-state index in [0.717, 1.165) is 18.4 Å². The second-order valence-electron chi connectivity index (χ2n) is 4.95. The summed E-state index contributed by atoms with van der Waals surface area (Å²) < 4.78 is 0. The van der Waals surface area contributed by atoms with Crippen molar-refractivity contribution in [2.24, 2.45) is 11.8 Å². The van der Waals surface area contributed by atoms with Crippen LogP contribution in [-0.4, -0.2) is 18.5 Å². The monoisotopic (exact) mass is 207 g/mol. The van der Waals surface area contributed by atoms with Crippen molar-refractivity contribution in [2.45, 2.75) is 40.0 Å². The minimum absolute atomic E-state index is 0.726. The van der Waals surface area contributed by atoms with Crippen molar-refractivity contribution >= 4 is 0 Å². The quantitative estimate of drug-likeness (QED) is 0.662. The number of hydrogen-bond acceptors (Lipinski definition) is 1. The number of hydrogen-bond donors (Lipinski definition) is 0. The van der Waals surface area contributed by atoms with Crippen molar-refractivity contribution < 1.29 is 0 Å². The van der Waals surface area contributed by atoms with Gasteiger partial charge in [0.2, 0.25) is 0 Å². The molecule has 1 aliphatic rings. The van der Waals surface area contributed by atoms with E-state index in [4.69, 9.17) is 0 Å². The van der Waals surface area contributed by atoms with Crippen LogP contribution in [0.2, 0.25) is 0 Å². The molecule has 1 heteroatoms. The standard InChI is InChI=1S/C14H25N/c1-5-12(2)6-7-13(3)14-8-10-15(4)11-9-14/h8-10,12-13H,5-7,11H2,1-4H3. The zero-order chi connectivity index (χ0) is 11.3. The van der Waals surface area contributed by atoms with Gasteiger partial charge in [-0.3, -0.25) is 0 Å². The third-order valence-corrected chi connectivity index (χ3v) is 3.49. The van der Waals surface area contributed by atoms with Gasteiger partial charge in [-0.05, 0) is 36.1 Å². The van der Waals surface area contributed by atoms with Gasteiger partial charge in [0, 0.05) is 13.6 Å². The zero-order valence-corrected chi connectivity index (χ0v) is 10.7. The van der Waals surface area contributed by atoms with Gasteiger partial charge in [0.15, 0.2) is 0 Å². The molecule has 0 amide bonds. The summed E-state index contributed by atoms with van der Waals surface area (Å²) in [6.45, 7) is 8.05. The average Bonchev–Trinajstić information content (AvgIpc) is 2.26. The van der Waals surface area contributed by atoms with Gasteiger partial charge in [0.1, 0.15) is 0 Å². The molecule has 0 radical (unpaired) electrons. The van der Waals surface area contributed by atoms with Crippen LogP contribution in [0.1, 0.15) is 40.0 Å². The third-order valence-electron chi connectivity index (χ3n) is 3.49. The first kappa shape index (κ1) is 12.4. The minimum Gasteiger partial charge on any atom is -0.377 e. The molecular formula is C14H25N. The van der Waals surface area contributed by atoms with Crippen LogP contribution in [0.15, 0.2) is 23.9 Å². The summed E-state index contributed by atoms with van der Waals surface area (Å²) in [6, 6.07) is 0. The second kappa shape index (κ2) is 5.99. The van der Waals surface area contributed by atoms with Crippen molar-refractivity contribution in [3.05, 3.63) is 23.9 Å². The Kier molecular flexibility index (Phi) is 4.93. The van der Waals surface area contributed by atoms with Gasteiger partial charge < -0.3 is 4.90 Å². The molecule has 0 saturated carbocycles. The Morgan fingerprint density at radius 2 is 2.07 bits per heavy atom. The fraction of sp³-hybridized carbons (Fsp3) is 0.714. The zero-order valence-electron chi connectivity index (χ0n) is 10.7. The van der Waals surface area contributed by atoms with Gasteiger partial charge in [-0.15, -0.1) is 0 Å². The predicted octanol–water partition coefficient (Wildman–Crippen LogP) is 3.83. The maximum atomic E-state index is 2.36. The molecule has 0 aromatic rings. The largest absolute Gasteiger partial charge is 0.377 e. The maximum Gasteiger partial charge on any atom is 0.0356 e. The summed E-state index contributed by atoms with van der Waals surface area (Å²) in [4.78, 5) is 2.21. The van der Waals surface area contributed by atoms with Gasteiger partial charge in [-0.2, -0.15) is 0 Å². The minimum atomic E-state index is 0.726. The lowest BCUT2D eigenvalue weighted by molar-refractivity contribution is 0.445. The average molecular weight is 207 g/mol. The van der Waals surface area contributed by atoms with Crippen LogP contribution in [0.4, 0.5) is 0 Å². The van der Waals surface area contributed by atoms with E-state index in [2.05, 4.69) is 51.1 Å². The van der Waals surface area contributed by atoms with Crippen LogP contribution in [0.3, 0.4) is 0 Å². The SMILES string of the molecule is CCC(C)CCC(C)C1=CCN(C)C=C1. The van der Waals surface area contributed by atoms with Gasteiger partial charge in [-0.25, -0.2) is 0 Å². The van der Waals surface area contributed by atoms with E-state index in [1.807, 2.05) is 0 Å². The lowest BCUT2D eigenvalue weighted by Gasteiger charge is -2.21. The normalized spacial score (nSPS) is 20.0. The maximum absolute atomic E-state index is 2.36. The molecule has 0 bridgehead atoms. The summed E-state index contributed by atoms with van der Waals surface area (Å²) in [5.74, 6) is 1.60. The smallest absolute Gasteiger partial charge is 0.0356 e. The Hall–Kier alpha value is -0.720. The van der Waals surface area contributed by atoms with Crippen molar-refractivity contribution in [3.63, 3.8) is 0 Å². The van der Waals surface area contributed by atoms with Crippen LogP contribution < -0.4 is 0 Å². The van der Waals surface area contributed by atoms with E-state index in [9.17, 15) is 0 Å². The molecule has 0 N–H and O–H groups in total. The van der Waals surface area contributed by atoms with Gasteiger partial charge in [-0.1, -0.05) is 39.7 Å². The fourth-order valence-electron chi connectivity index (χ4n) is 1.86. The second-order valence-corrected chi connectivity index (χ2v) is 4.95. The molecule has 0 aliphatic carbocycles. The highest BCUT2D eigenvalue weighted by Gasteiger charge is 2.10. The summed E-state index contributed by atoms with van der Waals surface area (Å²) in [7, 11) is 2.12. The molecule has 0 aromatic carbocycles. The Morgan fingerprint density at radius 3 is 2.60 bits per heavy atom. The highest BCUT2D eigenvalue weighted by Crippen LogP contribution is 2.23. The van der Waals surface area contributed by atoms with Gasteiger partial charge in [0.05, 0.1) is 0 Å². The lowest BCUT2D eigenvalue weighted by Crippen LogP contribution is -2.15. The van der Waals surface area contributed by atoms with Crippen LogP contribution >= 0.6 is 0 Å². The van der Waals surface area contributed by atoms with Crippen LogP contribution in [0.25, 0.3) is 0 Å². The van der Waals surface area contributed by atoms with Crippen molar-refractivity contribution in [3.8, 4) is 0 Å². The topological polar surface area (TPSA) is 3.24 Å². The highest BCUT2D eigenvalue weighted by molar-refractivity contribution is 5.24. The molecule has 0 spiro atoms. The highest BCUT2D eigenvalue weighted by atomic mass is 15.1. The Balaban J connectivity index is 2.35. The van der Waals surface area contributed by atoms with Crippen LogP contribution in [0.5, 0.6) is 0 Å². The molecule has 86 valence electrons. The van der Waals surface area contributed by atoms with E-state index >= 15 is 0 Å². The summed E-state index contributed by atoms with van der Waals surface area (Å²) >= 11 is 0. The molecule has 0 saturated heterocycles. The number of nitrogens with zero attached hydrogens (tertiary/aromatic N) is 1. The van der Waals surface area contributed by atoms with Gasteiger partial charge in [0.25, 0.3) is 0 Å². The van der Waals surface area contributed by atoms with E-state index in [-0.39, 0.29) is 0 Å². The summed E-state index contributed by atoms with van der Waals surface area (Å²) in [5.41, 5.74) is 1.52. The van der Waals surface area contributed by atoms with Crippen LogP contribution in [-0.2, 0) is 0 Å². The molecule has 0 fully saturated rings. The first-order chi connectivity index (χ1) is 7.13. The third kappa shape index (κ3) is 4.11. The fourth-order valence-corrected chi connectivity index (χ4v) is 1.86. The Morgan fingerprint density at radius 1 is 1.33 bits per heavy atom. The van der Waals surface area contributed by atoms with Crippen molar-refractivity contribution in [1.29, 1.82) is 0 Å². The van der Waals surface area contributed by atoms with E-state index in [0.29, 0.717) is 0 Å². The summed E-state index contributed by atoms with van der Waals surface area (Å²) in [5, 5.41) is 0. The van der Waals surface area contributed by atoms with E-state index in [1.165, 1.54) is 24.8 Å². The molecule has 1 rings (SSSR count). The summed E-state index contributed by atoms with van der Waals surface area (Å²) in [6.07, 6.45) is 10.8. The molecule has 0 aromatic heterocycles. The Bertz CT molecular complexity index is 240. The van der Waals surface area contributed by atoms with Crippen molar-refractivity contribution in [1.82, 2.24) is 4.90 Å². The lowest BCUT2D eigenvalue weighted by atomic mass is 9.90.